The molecule has 0 aliphatic carbocycles. The second-order valence-electron chi connectivity index (χ2n) is 5.55. The van der Waals surface area contributed by atoms with Gasteiger partial charge in [0.25, 0.3) is 5.91 Å². The summed E-state index contributed by atoms with van der Waals surface area (Å²) in [6.45, 7) is 3.87. The van der Waals surface area contributed by atoms with Gasteiger partial charge in [0.15, 0.2) is 0 Å². The third-order valence-electron chi connectivity index (χ3n) is 3.32. The minimum atomic E-state index is -0.665. The first kappa shape index (κ1) is 18.4. The molecule has 0 atom stereocenters. The van der Waals surface area contributed by atoms with E-state index in [0.717, 1.165) is 11.1 Å². The molecule has 1 N–H and O–H groups in total. The van der Waals surface area contributed by atoms with Crippen molar-refractivity contribution in [2.75, 3.05) is 19.8 Å². The van der Waals surface area contributed by atoms with Crippen LogP contribution in [0.25, 0.3) is 0 Å². The Balaban J connectivity index is 1.69. The van der Waals surface area contributed by atoms with E-state index in [-0.39, 0.29) is 25.3 Å². The van der Waals surface area contributed by atoms with Crippen LogP contribution in [0.2, 0.25) is 0 Å². The summed E-state index contributed by atoms with van der Waals surface area (Å²) in [7, 11) is 0. The zero-order chi connectivity index (χ0) is 18.2. The standard InChI is InChI=1S/C19H20FNO4/c1-13-9-14(2)11-15(10-13)24-7-8-25-18(22)12-21-19(23)16-5-3-4-6-17(16)20/h3-6,9-11H,7-8,12H2,1-2H3,(H,21,23). The molecule has 5 nitrogen and oxygen atoms in total. The number of carbonyl (C=O) groups excluding carboxylic acids is 2. The van der Waals surface area contributed by atoms with Crippen LogP contribution in [-0.4, -0.2) is 31.6 Å². The number of benzene rings is 2. The summed E-state index contributed by atoms with van der Waals surface area (Å²) in [5, 5.41) is 2.32. The lowest BCUT2D eigenvalue weighted by Gasteiger charge is -2.09. The van der Waals surface area contributed by atoms with Crippen LogP contribution < -0.4 is 10.1 Å². The molecule has 6 heteroatoms. The van der Waals surface area contributed by atoms with Gasteiger partial charge >= 0.3 is 5.97 Å². The Kier molecular flexibility index (Phi) is 6.51. The SMILES string of the molecule is Cc1cc(C)cc(OCCOC(=O)CNC(=O)c2ccccc2F)c1. The summed E-state index contributed by atoms with van der Waals surface area (Å²) in [5.74, 6) is -1.22. The van der Waals surface area contributed by atoms with Crippen LogP contribution in [0.1, 0.15) is 21.5 Å². The molecule has 0 saturated heterocycles. The van der Waals surface area contributed by atoms with Crippen molar-refractivity contribution in [3.05, 3.63) is 65.0 Å². The van der Waals surface area contributed by atoms with E-state index in [1.54, 1.807) is 6.07 Å². The molecule has 0 radical (unpaired) electrons. The summed E-state index contributed by atoms with van der Waals surface area (Å²) in [4.78, 5) is 23.4. The fourth-order valence-corrected chi connectivity index (χ4v) is 2.28. The summed E-state index contributed by atoms with van der Waals surface area (Å²) in [5.41, 5.74) is 2.05. The van der Waals surface area contributed by atoms with E-state index in [2.05, 4.69) is 5.32 Å². The molecular formula is C19H20FNO4. The average molecular weight is 345 g/mol. The fraction of sp³-hybridized carbons (Fsp3) is 0.263. The summed E-state index contributed by atoms with van der Waals surface area (Å²) >= 11 is 0. The first-order chi connectivity index (χ1) is 12.0. The van der Waals surface area contributed by atoms with Gasteiger partial charge in [-0.2, -0.15) is 0 Å². The maximum absolute atomic E-state index is 13.4. The van der Waals surface area contributed by atoms with Crippen LogP contribution in [0.3, 0.4) is 0 Å². The van der Waals surface area contributed by atoms with Crippen molar-refractivity contribution < 1.29 is 23.5 Å². The average Bonchev–Trinajstić information content (AvgIpc) is 2.56. The van der Waals surface area contributed by atoms with Gasteiger partial charge in [0.2, 0.25) is 0 Å². The molecule has 132 valence electrons. The highest BCUT2D eigenvalue weighted by Gasteiger charge is 2.12. The van der Waals surface area contributed by atoms with E-state index < -0.39 is 17.7 Å². The number of nitrogens with one attached hydrogen (secondary N) is 1. The van der Waals surface area contributed by atoms with E-state index in [0.29, 0.717) is 5.75 Å². The van der Waals surface area contributed by atoms with Gasteiger partial charge in [0.1, 0.15) is 31.3 Å². The number of hydrogen-bond donors (Lipinski definition) is 1. The lowest BCUT2D eigenvalue weighted by Crippen LogP contribution is -2.31. The lowest BCUT2D eigenvalue weighted by atomic mass is 10.1. The smallest absolute Gasteiger partial charge is 0.325 e. The lowest BCUT2D eigenvalue weighted by molar-refractivity contribution is -0.143. The van der Waals surface area contributed by atoms with Crippen molar-refractivity contribution in [1.29, 1.82) is 0 Å². The molecule has 0 aliphatic heterocycles. The highest BCUT2D eigenvalue weighted by molar-refractivity contribution is 5.96. The van der Waals surface area contributed by atoms with Gasteiger partial charge in [-0.05, 0) is 49.2 Å². The Bertz CT molecular complexity index is 741. The maximum Gasteiger partial charge on any atom is 0.325 e. The number of halogens is 1. The number of carbonyl (C=O) groups is 2. The Morgan fingerprint density at radius 3 is 2.40 bits per heavy atom. The van der Waals surface area contributed by atoms with Crippen molar-refractivity contribution in [2.45, 2.75) is 13.8 Å². The zero-order valence-corrected chi connectivity index (χ0v) is 14.2. The third kappa shape index (κ3) is 5.91. The van der Waals surface area contributed by atoms with Crippen LogP contribution in [0.5, 0.6) is 5.75 Å². The van der Waals surface area contributed by atoms with E-state index in [1.165, 1.54) is 18.2 Å². The normalized spacial score (nSPS) is 10.2. The Hall–Kier alpha value is -2.89. The fourth-order valence-electron chi connectivity index (χ4n) is 2.28. The molecule has 0 aromatic heterocycles. The summed E-state index contributed by atoms with van der Waals surface area (Å²) in [6, 6.07) is 11.4. The summed E-state index contributed by atoms with van der Waals surface area (Å²) in [6.07, 6.45) is 0. The van der Waals surface area contributed by atoms with Gasteiger partial charge in [0.05, 0.1) is 5.56 Å². The number of ether oxygens (including phenoxy) is 2. The van der Waals surface area contributed by atoms with Crippen molar-refractivity contribution in [2.24, 2.45) is 0 Å². The molecule has 0 unspecified atom stereocenters. The van der Waals surface area contributed by atoms with E-state index >= 15 is 0 Å². The van der Waals surface area contributed by atoms with Gasteiger partial charge in [-0.1, -0.05) is 18.2 Å². The largest absolute Gasteiger partial charge is 0.490 e. The third-order valence-corrected chi connectivity index (χ3v) is 3.32. The summed E-state index contributed by atoms with van der Waals surface area (Å²) < 4.78 is 23.9. The molecule has 0 bridgehead atoms. The molecule has 2 aromatic carbocycles. The van der Waals surface area contributed by atoms with Crippen molar-refractivity contribution in [3.63, 3.8) is 0 Å². The van der Waals surface area contributed by atoms with Gasteiger partial charge in [-0.3, -0.25) is 9.59 Å². The molecule has 0 aliphatic rings. The number of esters is 1. The molecule has 1 amide bonds. The molecule has 0 spiro atoms. The number of hydrogen-bond acceptors (Lipinski definition) is 4. The first-order valence-electron chi connectivity index (χ1n) is 7.85. The predicted octanol–water partition coefficient (Wildman–Crippen LogP) is 2.79. The van der Waals surface area contributed by atoms with Crippen LogP contribution in [0.4, 0.5) is 4.39 Å². The van der Waals surface area contributed by atoms with Crippen molar-refractivity contribution >= 4 is 11.9 Å². The van der Waals surface area contributed by atoms with Gasteiger partial charge in [-0.15, -0.1) is 0 Å². The van der Waals surface area contributed by atoms with Crippen LogP contribution >= 0.6 is 0 Å². The highest BCUT2D eigenvalue weighted by atomic mass is 19.1. The van der Waals surface area contributed by atoms with Gasteiger partial charge in [-0.25, -0.2) is 4.39 Å². The van der Waals surface area contributed by atoms with E-state index in [1.807, 2.05) is 32.0 Å². The van der Waals surface area contributed by atoms with Gasteiger partial charge < -0.3 is 14.8 Å². The van der Waals surface area contributed by atoms with E-state index in [9.17, 15) is 14.0 Å². The van der Waals surface area contributed by atoms with Gasteiger partial charge in [0, 0.05) is 0 Å². The number of aryl methyl sites for hydroxylation is 2. The monoisotopic (exact) mass is 345 g/mol. The number of amides is 1. The second kappa shape index (κ2) is 8.82. The molecular weight excluding hydrogens is 325 g/mol. The van der Waals surface area contributed by atoms with Crippen LogP contribution in [0, 0.1) is 19.7 Å². The maximum atomic E-state index is 13.4. The minimum absolute atomic E-state index is 0.0569. The molecule has 0 heterocycles. The molecule has 0 saturated carbocycles. The molecule has 25 heavy (non-hydrogen) atoms. The topological polar surface area (TPSA) is 64.6 Å². The van der Waals surface area contributed by atoms with Crippen molar-refractivity contribution in [1.82, 2.24) is 5.32 Å². The minimum Gasteiger partial charge on any atom is -0.490 e. The second-order valence-corrected chi connectivity index (χ2v) is 5.55. The molecule has 2 aromatic rings. The van der Waals surface area contributed by atoms with Crippen LogP contribution in [0.15, 0.2) is 42.5 Å². The molecule has 0 fully saturated rings. The van der Waals surface area contributed by atoms with E-state index in [4.69, 9.17) is 9.47 Å². The zero-order valence-electron chi connectivity index (χ0n) is 14.2. The van der Waals surface area contributed by atoms with Crippen LogP contribution in [-0.2, 0) is 9.53 Å². The quantitative estimate of drug-likeness (QED) is 0.619. The first-order valence-corrected chi connectivity index (χ1v) is 7.85. The Morgan fingerprint density at radius 2 is 1.72 bits per heavy atom. The molecule has 2 rings (SSSR count). The van der Waals surface area contributed by atoms with Crippen molar-refractivity contribution in [3.8, 4) is 5.75 Å². The highest BCUT2D eigenvalue weighted by Crippen LogP contribution is 2.15. The Labute approximate surface area is 145 Å². The predicted molar refractivity (Wildman–Crippen MR) is 91.1 cm³/mol. The Morgan fingerprint density at radius 1 is 1.04 bits per heavy atom. The number of rotatable bonds is 7.